The van der Waals surface area contributed by atoms with Crippen molar-refractivity contribution in [3.8, 4) is 5.75 Å². The first-order valence-corrected chi connectivity index (χ1v) is 12.2. The Balaban J connectivity index is 1.68. The fraction of sp³-hybridized carbons (Fsp3) is 0.556. The van der Waals surface area contributed by atoms with Gasteiger partial charge in [-0.25, -0.2) is 8.42 Å². The second kappa shape index (κ2) is 10.1. The van der Waals surface area contributed by atoms with Crippen LogP contribution >= 0.6 is 24.0 Å². The minimum Gasteiger partial charge on any atom is -0.495 e. The van der Waals surface area contributed by atoms with Crippen molar-refractivity contribution in [3.05, 3.63) is 18.2 Å². The Hall–Kier alpha value is -1.40. The molecule has 0 bridgehead atoms. The third kappa shape index (κ3) is 5.60. The van der Waals surface area contributed by atoms with Crippen LogP contribution in [0.2, 0.25) is 0 Å². The summed E-state index contributed by atoms with van der Waals surface area (Å²) in [4.78, 5) is 14.6. The number of hydrogen-bond donors (Lipinski definition) is 1. The monoisotopic (exact) mass is 459 g/mol. The molecule has 11 heteroatoms. The van der Waals surface area contributed by atoms with E-state index in [1.165, 1.54) is 35.3 Å². The van der Waals surface area contributed by atoms with E-state index in [9.17, 15) is 13.2 Å². The summed E-state index contributed by atoms with van der Waals surface area (Å²) in [6.07, 6.45) is 2.24. The molecule has 1 amide bonds. The van der Waals surface area contributed by atoms with Gasteiger partial charge in [-0.2, -0.15) is 4.31 Å². The molecule has 160 valence electrons. The van der Waals surface area contributed by atoms with Crippen LogP contribution in [0.25, 0.3) is 0 Å². The van der Waals surface area contributed by atoms with Crippen LogP contribution < -0.4 is 10.1 Å². The molecule has 0 saturated carbocycles. The van der Waals surface area contributed by atoms with Crippen molar-refractivity contribution in [2.24, 2.45) is 0 Å². The largest absolute Gasteiger partial charge is 0.495 e. The minimum absolute atomic E-state index is 0.107. The molecule has 8 nitrogen and oxygen atoms in total. The summed E-state index contributed by atoms with van der Waals surface area (Å²) in [5, 5.41) is 2.75. The number of likely N-dealkylation sites (tertiary alicyclic amines) is 1. The van der Waals surface area contributed by atoms with Crippen molar-refractivity contribution in [3.63, 3.8) is 0 Å². The molecule has 0 radical (unpaired) electrons. The van der Waals surface area contributed by atoms with Crippen molar-refractivity contribution in [1.82, 2.24) is 9.21 Å². The second-order valence-corrected chi connectivity index (χ2v) is 10.2. The zero-order chi connectivity index (χ0) is 20.9. The Morgan fingerprint density at radius 1 is 1.24 bits per heavy atom. The lowest BCUT2D eigenvalue weighted by molar-refractivity contribution is -0.113. The highest BCUT2D eigenvalue weighted by atomic mass is 32.2. The molecule has 29 heavy (non-hydrogen) atoms. The van der Waals surface area contributed by atoms with Crippen LogP contribution in [0.1, 0.15) is 12.8 Å². The Labute approximate surface area is 180 Å². The number of amides is 1. The third-order valence-corrected chi connectivity index (χ3v) is 8.16. The van der Waals surface area contributed by atoms with Crippen LogP contribution in [0, 0.1) is 0 Å². The van der Waals surface area contributed by atoms with E-state index in [1.54, 1.807) is 6.07 Å². The molecule has 0 atom stereocenters. The molecule has 0 aromatic heterocycles. The number of methoxy groups -OCH3 is 1. The van der Waals surface area contributed by atoms with E-state index in [0.29, 0.717) is 42.1 Å². The summed E-state index contributed by atoms with van der Waals surface area (Å²) >= 11 is 6.69. The first kappa shape index (κ1) is 22.3. The van der Waals surface area contributed by atoms with Gasteiger partial charge in [-0.05, 0) is 31.0 Å². The maximum Gasteiger partial charge on any atom is 0.243 e. The molecule has 0 unspecified atom stereocenters. The zero-order valence-electron chi connectivity index (χ0n) is 16.3. The van der Waals surface area contributed by atoms with E-state index in [-0.39, 0.29) is 16.6 Å². The normalized spacial score (nSPS) is 17.9. The fourth-order valence-electron chi connectivity index (χ4n) is 3.19. The Bertz CT molecular complexity index is 850. The van der Waals surface area contributed by atoms with Crippen LogP contribution in [-0.2, 0) is 19.6 Å². The molecule has 1 aromatic carbocycles. The van der Waals surface area contributed by atoms with E-state index in [2.05, 4.69) is 10.2 Å². The van der Waals surface area contributed by atoms with Crippen LogP contribution in [0.5, 0.6) is 5.75 Å². The number of hydrogen-bond acceptors (Lipinski definition) is 7. The lowest BCUT2D eigenvalue weighted by Gasteiger charge is -2.26. The van der Waals surface area contributed by atoms with Gasteiger partial charge in [0.1, 0.15) is 10.1 Å². The standard InChI is InChI=1S/C18H25N3O5S3/c1-25-16-5-4-14(29(23,24)21-8-10-26-11-9-21)12-15(16)19-17(22)13-28-18(27)20-6-2-3-7-20/h4-5,12H,2-3,6-11,13H2,1H3,(H,19,22). The van der Waals surface area contributed by atoms with Crippen LogP contribution in [0.15, 0.2) is 23.1 Å². The fourth-order valence-corrected chi connectivity index (χ4v) is 5.67. The maximum absolute atomic E-state index is 12.9. The SMILES string of the molecule is COc1ccc(S(=O)(=O)N2CCOCC2)cc1NC(=O)CSC(=S)N1CCCC1. The second-order valence-electron chi connectivity index (χ2n) is 6.68. The maximum atomic E-state index is 12.9. The number of nitrogens with zero attached hydrogens (tertiary/aromatic N) is 2. The van der Waals surface area contributed by atoms with E-state index < -0.39 is 10.0 Å². The van der Waals surface area contributed by atoms with Crippen molar-refractivity contribution < 1.29 is 22.7 Å². The number of carbonyl (C=O) groups excluding carboxylic acids is 1. The smallest absolute Gasteiger partial charge is 0.243 e. The highest BCUT2D eigenvalue weighted by Crippen LogP contribution is 2.29. The predicted octanol–water partition coefficient (Wildman–Crippen LogP) is 1.77. The molecule has 2 saturated heterocycles. The zero-order valence-corrected chi connectivity index (χ0v) is 18.7. The molecule has 3 rings (SSSR count). The van der Waals surface area contributed by atoms with Gasteiger partial charge in [-0.3, -0.25) is 4.79 Å². The first-order chi connectivity index (χ1) is 13.9. The molecule has 2 fully saturated rings. The van der Waals surface area contributed by atoms with Gasteiger partial charge >= 0.3 is 0 Å². The summed E-state index contributed by atoms with van der Waals surface area (Å²) in [6.45, 7) is 3.22. The Morgan fingerprint density at radius 2 is 1.93 bits per heavy atom. The van der Waals surface area contributed by atoms with Crippen molar-refractivity contribution in [2.45, 2.75) is 17.7 Å². The molecular weight excluding hydrogens is 434 g/mol. The predicted molar refractivity (Wildman–Crippen MR) is 117 cm³/mol. The topological polar surface area (TPSA) is 88.2 Å². The molecule has 2 aliphatic heterocycles. The molecule has 0 aliphatic carbocycles. The number of rotatable bonds is 6. The summed E-state index contributed by atoms with van der Waals surface area (Å²) in [7, 11) is -2.20. The number of morpholine rings is 1. The van der Waals surface area contributed by atoms with Gasteiger partial charge in [0.15, 0.2) is 0 Å². The first-order valence-electron chi connectivity index (χ1n) is 9.39. The van der Waals surface area contributed by atoms with Gasteiger partial charge in [-0.1, -0.05) is 24.0 Å². The van der Waals surface area contributed by atoms with E-state index >= 15 is 0 Å². The average molecular weight is 460 g/mol. The molecule has 1 N–H and O–H groups in total. The number of thiocarbonyl (C=S) groups is 1. The molecule has 0 spiro atoms. The summed E-state index contributed by atoms with van der Waals surface area (Å²) in [6, 6.07) is 4.46. The molecule has 2 heterocycles. The van der Waals surface area contributed by atoms with E-state index in [1.807, 2.05) is 0 Å². The van der Waals surface area contributed by atoms with Gasteiger partial charge in [0.25, 0.3) is 0 Å². The molecule has 1 aromatic rings. The van der Waals surface area contributed by atoms with Crippen molar-refractivity contribution in [1.29, 1.82) is 0 Å². The van der Waals surface area contributed by atoms with Gasteiger partial charge < -0.3 is 19.7 Å². The van der Waals surface area contributed by atoms with Crippen LogP contribution in [0.4, 0.5) is 5.69 Å². The van der Waals surface area contributed by atoms with E-state index in [0.717, 1.165) is 25.9 Å². The number of ether oxygens (including phenoxy) is 2. The Morgan fingerprint density at radius 3 is 2.59 bits per heavy atom. The number of sulfonamides is 1. The van der Waals surface area contributed by atoms with Crippen LogP contribution in [0.3, 0.4) is 0 Å². The highest BCUT2D eigenvalue weighted by Gasteiger charge is 2.27. The third-order valence-electron chi connectivity index (χ3n) is 4.74. The molecule has 2 aliphatic rings. The number of nitrogens with one attached hydrogen (secondary N) is 1. The number of thioether (sulfide) groups is 1. The van der Waals surface area contributed by atoms with Crippen LogP contribution in [-0.4, -0.2) is 80.1 Å². The number of benzene rings is 1. The quantitative estimate of drug-likeness (QED) is 0.644. The summed E-state index contributed by atoms with van der Waals surface area (Å²) in [5.74, 6) is 0.279. The van der Waals surface area contributed by atoms with E-state index in [4.69, 9.17) is 21.7 Å². The Kier molecular flexibility index (Phi) is 7.74. The average Bonchev–Trinajstić information content (AvgIpc) is 3.27. The van der Waals surface area contributed by atoms with Crippen molar-refractivity contribution in [2.75, 3.05) is 57.6 Å². The molecular formula is C18H25N3O5S3. The summed E-state index contributed by atoms with van der Waals surface area (Å²) in [5.41, 5.74) is 0.319. The van der Waals surface area contributed by atoms with Gasteiger partial charge in [-0.15, -0.1) is 0 Å². The number of anilines is 1. The lowest BCUT2D eigenvalue weighted by atomic mass is 10.3. The van der Waals surface area contributed by atoms with Gasteiger partial charge in [0.05, 0.1) is 36.7 Å². The van der Waals surface area contributed by atoms with Gasteiger partial charge in [0.2, 0.25) is 15.9 Å². The van der Waals surface area contributed by atoms with Gasteiger partial charge in [0, 0.05) is 26.2 Å². The highest BCUT2D eigenvalue weighted by molar-refractivity contribution is 8.23. The van der Waals surface area contributed by atoms with Crippen molar-refractivity contribution >= 4 is 49.9 Å². The minimum atomic E-state index is -3.67. The number of carbonyl (C=O) groups is 1. The summed E-state index contributed by atoms with van der Waals surface area (Å²) < 4.78 is 38.4. The lowest BCUT2D eigenvalue weighted by Crippen LogP contribution is -2.40.